The molecule has 1 aromatic carbocycles. The lowest BCUT2D eigenvalue weighted by Gasteiger charge is -1.98. The van der Waals surface area contributed by atoms with Gasteiger partial charge < -0.3 is 9.84 Å². The minimum atomic E-state index is -1.10. The second kappa shape index (κ2) is 5.24. The van der Waals surface area contributed by atoms with Gasteiger partial charge in [-0.1, -0.05) is 12.1 Å². The fourth-order valence-corrected chi connectivity index (χ4v) is 2.52. The number of aromatic nitrogens is 1. The minimum Gasteiger partial charge on any atom is -0.476 e. The van der Waals surface area contributed by atoms with Gasteiger partial charge >= 0.3 is 5.97 Å². The topological polar surface area (TPSA) is 59.4 Å². The molecule has 0 spiro atoms. The lowest BCUT2D eigenvalue weighted by Crippen LogP contribution is -1.99. The van der Waals surface area contributed by atoms with Crippen LogP contribution in [-0.2, 0) is 11.3 Å². The molecule has 0 saturated carbocycles. The Morgan fingerprint density at radius 3 is 2.67 bits per heavy atom. The first-order valence-corrected chi connectivity index (χ1v) is 5.91. The molecule has 18 heavy (non-hydrogen) atoms. The van der Waals surface area contributed by atoms with Crippen LogP contribution in [0.5, 0.6) is 0 Å². The van der Waals surface area contributed by atoms with E-state index in [1.807, 2.05) is 0 Å². The first-order chi connectivity index (χ1) is 8.61. The van der Waals surface area contributed by atoms with Crippen molar-refractivity contribution in [1.82, 2.24) is 4.98 Å². The largest absolute Gasteiger partial charge is 0.476 e. The van der Waals surface area contributed by atoms with Gasteiger partial charge in [0.1, 0.15) is 10.8 Å². The van der Waals surface area contributed by atoms with Gasteiger partial charge in [0.05, 0.1) is 11.5 Å². The highest BCUT2D eigenvalue weighted by molar-refractivity contribution is 7.15. The molecule has 0 amide bonds. The van der Waals surface area contributed by atoms with E-state index in [2.05, 4.69) is 4.98 Å². The molecule has 0 aliphatic carbocycles. The summed E-state index contributed by atoms with van der Waals surface area (Å²) in [4.78, 5) is 15.6. The van der Waals surface area contributed by atoms with E-state index in [9.17, 15) is 9.18 Å². The molecule has 0 aliphatic heterocycles. The van der Waals surface area contributed by atoms with E-state index < -0.39 is 5.97 Å². The highest BCUT2D eigenvalue weighted by Gasteiger charge is 2.18. The standard InChI is InChI=1S/C12H10FNO3S/c1-17-6-9-14-10(12(15)16)11(18-9)7-2-4-8(13)5-3-7/h2-5H,6H2,1H3,(H,15,16). The van der Waals surface area contributed by atoms with Gasteiger partial charge in [-0.25, -0.2) is 14.2 Å². The van der Waals surface area contributed by atoms with Crippen LogP contribution in [0.4, 0.5) is 4.39 Å². The van der Waals surface area contributed by atoms with E-state index in [0.717, 1.165) is 0 Å². The third-order valence-electron chi connectivity index (χ3n) is 2.25. The summed E-state index contributed by atoms with van der Waals surface area (Å²) in [7, 11) is 1.51. The SMILES string of the molecule is COCc1nc(C(=O)O)c(-c2ccc(F)cc2)s1. The normalized spacial score (nSPS) is 10.6. The molecule has 4 nitrogen and oxygen atoms in total. The van der Waals surface area contributed by atoms with Gasteiger partial charge in [0, 0.05) is 7.11 Å². The Morgan fingerprint density at radius 2 is 2.11 bits per heavy atom. The molecule has 0 radical (unpaired) electrons. The van der Waals surface area contributed by atoms with Crippen LogP contribution in [0.25, 0.3) is 10.4 Å². The zero-order valence-electron chi connectivity index (χ0n) is 9.51. The summed E-state index contributed by atoms with van der Waals surface area (Å²) in [5.74, 6) is -1.47. The van der Waals surface area contributed by atoms with E-state index in [4.69, 9.17) is 9.84 Å². The van der Waals surface area contributed by atoms with Gasteiger partial charge in [0.15, 0.2) is 5.69 Å². The minimum absolute atomic E-state index is 0.0290. The van der Waals surface area contributed by atoms with E-state index >= 15 is 0 Å². The molecular weight excluding hydrogens is 257 g/mol. The number of rotatable bonds is 4. The zero-order valence-corrected chi connectivity index (χ0v) is 10.3. The third-order valence-corrected chi connectivity index (χ3v) is 3.33. The Bertz CT molecular complexity index is 565. The van der Waals surface area contributed by atoms with Crippen molar-refractivity contribution in [2.24, 2.45) is 0 Å². The third kappa shape index (κ3) is 2.55. The summed E-state index contributed by atoms with van der Waals surface area (Å²) in [6.07, 6.45) is 0. The van der Waals surface area contributed by atoms with E-state index in [1.54, 1.807) is 0 Å². The smallest absolute Gasteiger partial charge is 0.356 e. The van der Waals surface area contributed by atoms with Crippen molar-refractivity contribution in [3.05, 3.63) is 40.8 Å². The summed E-state index contributed by atoms with van der Waals surface area (Å²) in [6, 6.07) is 5.64. The Labute approximate surface area is 107 Å². The molecule has 0 bridgehead atoms. The predicted molar refractivity (Wildman–Crippen MR) is 65.2 cm³/mol. The number of nitrogens with zero attached hydrogens (tertiary/aromatic N) is 1. The number of aromatic carboxylic acids is 1. The van der Waals surface area contributed by atoms with Gasteiger partial charge in [-0.2, -0.15) is 0 Å². The van der Waals surface area contributed by atoms with E-state index in [1.165, 1.54) is 42.7 Å². The van der Waals surface area contributed by atoms with Crippen molar-refractivity contribution >= 4 is 17.3 Å². The van der Waals surface area contributed by atoms with Crippen LogP contribution < -0.4 is 0 Å². The zero-order chi connectivity index (χ0) is 13.1. The van der Waals surface area contributed by atoms with Crippen LogP contribution >= 0.6 is 11.3 Å². The van der Waals surface area contributed by atoms with Crippen LogP contribution in [0, 0.1) is 5.82 Å². The number of carboxylic acids is 1. The van der Waals surface area contributed by atoms with E-state index in [-0.39, 0.29) is 18.1 Å². The summed E-state index contributed by atoms with van der Waals surface area (Å²) < 4.78 is 17.8. The molecule has 2 rings (SSSR count). The lowest BCUT2D eigenvalue weighted by molar-refractivity contribution is 0.0691. The molecule has 0 unspecified atom stereocenters. The first kappa shape index (κ1) is 12.7. The lowest BCUT2D eigenvalue weighted by atomic mass is 10.1. The quantitative estimate of drug-likeness (QED) is 0.925. The number of halogens is 1. The second-order valence-corrected chi connectivity index (χ2v) is 4.61. The van der Waals surface area contributed by atoms with Crippen LogP contribution in [0.15, 0.2) is 24.3 Å². The number of hydrogen-bond donors (Lipinski definition) is 1. The molecule has 2 aromatic rings. The Morgan fingerprint density at radius 1 is 1.44 bits per heavy atom. The number of ether oxygens (including phenoxy) is 1. The van der Waals surface area contributed by atoms with Crippen LogP contribution in [0.1, 0.15) is 15.5 Å². The van der Waals surface area contributed by atoms with Gasteiger partial charge in [-0.05, 0) is 17.7 Å². The maximum Gasteiger partial charge on any atom is 0.356 e. The molecular formula is C12H10FNO3S. The highest BCUT2D eigenvalue weighted by Crippen LogP contribution is 2.30. The van der Waals surface area contributed by atoms with Crippen LogP contribution in [0.2, 0.25) is 0 Å². The van der Waals surface area contributed by atoms with Gasteiger partial charge in [-0.3, -0.25) is 0 Å². The Hall–Kier alpha value is -1.79. The van der Waals surface area contributed by atoms with Crippen molar-refractivity contribution in [3.8, 4) is 10.4 Å². The van der Waals surface area contributed by atoms with Gasteiger partial charge in [0.25, 0.3) is 0 Å². The molecule has 94 valence electrons. The fraction of sp³-hybridized carbons (Fsp3) is 0.167. The molecule has 6 heteroatoms. The average Bonchev–Trinajstić information content (AvgIpc) is 2.75. The van der Waals surface area contributed by atoms with Crippen molar-refractivity contribution in [2.75, 3.05) is 7.11 Å². The second-order valence-electron chi connectivity index (χ2n) is 3.53. The molecule has 0 aliphatic rings. The number of carboxylic acid groups (broad SMARTS) is 1. The summed E-state index contributed by atoms with van der Waals surface area (Å²) in [6.45, 7) is 0.256. The monoisotopic (exact) mass is 267 g/mol. The molecule has 1 aromatic heterocycles. The highest BCUT2D eigenvalue weighted by atomic mass is 32.1. The van der Waals surface area contributed by atoms with Gasteiger partial charge in [0.2, 0.25) is 0 Å². The Balaban J connectivity index is 2.47. The molecule has 1 heterocycles. The fourth-order valence-electron chi connectivity index (χ4n) is 1.49. The van der Waals surface area contributed by atoms with Crippen molar-refractivity contribution in [1.29, 1.82) is 0 Å². The average molecular weight is 267 g/mol. The number of hydrogen-bond acceptors (Lipinski definition) is 4. The Kier molecular flexibility index (Phi) is 3.69. The number of carbonyl (C=O) groups is 1. The summed E-state index contributed by atoms with van der Waals surface area (Å²) in [5, 5.41) is 9.67. The maximum atomic E-state index is 12.8. The van der Waals surface area contributed by atoms with Crippen molar-refractivity contribution in [2.45, 2.75) is 6.61 Å². The van der Waals surface area contributed by atoms with Gasteiger partial charge in [-0.15, -0.1) is 11.3 Å². The van der Waals surface area contributed by atoms with Crippen LogP contribution in [-0.4, -0.2) is 23.2 Å². The number of thiazole rings is 1. The molecule has 0 saturated heterocycles. The molecule has 0 fully saturated rings. The number of benzene rings is 1. The molecule has 1 N–H and O–H groups in total. The number of methoxy groups -OCH3 is 1. The van der Waals surface area contributed by atoms with Crippen LogP contribution in [0.3, 0.4) is 0 Å². The van der Waals surface area contributed by atoms with Crippen molar-refractivity contribution in [3.63, 3.8) is 0 Å². The van der Waals surface area contributed by atoms with Crippen molar-refractivity contribution < 1.29 is 19.0 Å². The van der Waals surface area contributed by atoms with E-state index in [0.29, 0.717) is 15.4 Å². The summed E-state index contributed by atoms with van der Waals surface area (Å²) >= 11 is 1.23. The molecule has 0 atom stereocenters. The predicted octanol–water partition coefficient (Wildman–Crippen LogP) is 2.79. The maximum absolute atomic E-state index is 12.8. The first-order valence-electron chi connectivity index (χ1n) is 5.09. The summed E-state index contributed by atoms with van der Waals surface area (Å²) in [5.41, 5.74) is 0.604.